The predicted octanol–water partition coefficient (Wildman–Crippen LogP) is 0.582. The maximum Gasteiger partial charge on any atom is 0.355 e. The number of hydrogen-bond acceptors (Lipinski definition) is 10. The van der Waals surface area contributed by atoms with E-state index in [-0.39, 0.29) is 56.6 Å². The highest BCUT2D eigenvalue weighted by molar-refractivity contribution is 6.01. The van der Waals surface area contributed by atoms with Gasteiger partial charge in [-0.1, -0.05) is 0 Å². The van der Waals surface area contributed by atoms with Crippen LogP contribution in [0, 0.1) is 0 Å². The van der Waals surface area contributed by atoms with Gasteiger partial charge in [-0.3, -0.25) is 0 Å². The van der Waals surface area contributed by atoms with E-state index in [4.69, 9.17) is 18.9 Å². The molecule has 0 amide bonds. The Kier molecular flexibility index (Phi) is 9.70. The van der Waals surface area contributed by atoms with Crippen LogP contribution in [0.4, 0.5) is 0 Å². The second-order valence-corrected chi connectivity index (χ2v) is 5.81. The molecule has 1 rings (SSSR count). The molecule has 0 radical (unpaired) electrons. The van der Waals surface area contributed by atoms with Crippen LogP contribution >= 0.6 is 0 Å². The van der Waals surface area contributed by atoms with Crippen LogP contribution in [0.15, 0.2) is 23.0 Å². The van der Waals surface area contributed by atoms with Gasteiger partial charge in [-0.25, -0.2) is 19.2 Å². The third-order valence-corrected chi connectivity index (χ3v) is 3.76. The SMILES string of the molecule is CCOC(=O)/C=C(\C(=O)OCC)N1CC(C(=O)OCC)=C(C(=O)OCC)N(C)C1. The van der Waals surface area contributed by atoms with Crippen molar-refractivity contribution in [3.8, 4) is 0 Å². The quantitative estimate of drug-likeness (QED) is 0.303. The molecule has 0 aromatic rings. The summed E-state index contributed by atoms with van der Waals surface area (Å²) in [6.07, 6.45) is 1.01. The summed E-state index contributed by atoms with van der Waals surface area (Å²) in [5.41, 5.74) is -0.0409. The zero-order valence-corrected chi connectivity index (χ0v) is 17.5. The van der Waals surface area contributed by atoms with Crippen LogP contribution in [0.25, 0.3) is 0 Å². The number of carbonyl (C=O) groups is 4. The summed E-state index contributed by atoms with van der Waals surface area (Å²) in [5, 5.41) is 0. The molecule has 0 fully saturated rings. The minimum absolute atomic E-state index is 0.0121. The summed E-state index contributed by atoms with van der Waals surface area (Å²) >= 11 is 0. The first-order chi connectivity index (χ1) is 13.8. The second kappa shape index (κ2) is 11.7. The molecule has 0 aromatic heterocycles. The van der Waals surface area contributed by atoms with Crippen molar-refractivity contribution in [3.63, 3.8) is 0 Å². The van der Waals surface area contributed by atoms with E-state index in [1.54, 1.807) is 34.7 Å². The van der Waals surface area contributed by atoms with Crippen LogP contribution in [0.1, 0.15) is 27.7 Å². The number of likely N-dealkylation sites (N-methyl/N-ethyl adjacent to an activating group) is 1. The normalized spacial score (nSPS) is 14.4. The van der Waals surface area contributed by atoms with E-state index in [1.165, 1.54) is 9.80 Å². The van der Waals surface area contributed by atoms with E-state index in [9.17, 15) is 19.2 Å². The van der Waals surface area contributed by atoms with Gasteiger partial charge in [0, 0.05) is 7.05 Å². The van der Waals surface area contributed by atoms with Crippen LogP contribution in [0.3, 0.4) is 0 Å². The summed E-state index contributed by atoms with van der Waals surface area (Å²) in [6, 6.07) is 0. The second-order valence-electron chi connectivity index (χ2n) is 5.81. The van der Waals surface area contributed by atoms with Gasteiger partial charge >= 0.3 is 23.9 Å². The first-order valence-corrected chi connectivity index (χ1v) is 9.39. The van der Waals surface area contributed by atoms with Crippen LogP contribution in [0.5, 0.6) is 0 Å². The first kappa shape index (κ1) is 24.0. The van der Waals surface area contributed by atoms with Crippen molar-refractivity contribution in [2.45, 2.75) is 27.7 Å². The van der Waals surface area contributed by atoms with Crippen molar-refractivity contribution in [2.75, 3.05) is 46.7 Å². The lowest BCUT2D eigenvalue weighted by molar-refractivity contribution is -0.145. The molecule has 0 saturated heterocycles. The third-order valence-electron chi connectivity index (χ3n) is 3.76. The topological polar surface area (TPSA) is 112 Å². The molecule has 0 atom stereocenters. The zero-order valence-electron chi connectivity index (χ0n) is 17.5. The van der Waals surface area contributed by atoms with Crippen molar-refractivity contribution in [2.24, 2.45) is 0 Å². The van der Waals surface area contributed by atoms with Crippen molar-refractivity contribution >= 4 is 23.9 Å². The molecule has 1 aliphatic heterocycles. The van der Waals surface area contributed by atoms with Crippen LogP contribution in [-0.2, 0) is 38.1 Å². The van der Waals surface area contributed by atoms with Crippen molar-refractivity contribution in [1.82, 2.24) is 9.80 Å². The van der Waals surface area contributed by atoms with Crippen LogP contribution < -0.4 is 0 Å². The first-order valence-electron chi connectivity index (χ1n) is 9.39. The van der Waals surface area contributed by atoms with Gasteiger partial charge in [0.1, 0.15) is 11.4 Å². The summed E-state index contributed by atoms with van der Waals surface area (Å²) in [6.45, 7) is 6.89. The lowest BCUT2D eigenvalue weighted by Crippen LogP contribution is -2.47. The number of carbonyl (C=O) groups excluding carboxylic acids is 4. The van der Waals surface area contributed by atoms with Crippen molar-refractivity contribution < 1.29 is 38.1 Å². The van der Waals surface area contributed by atoms with Gasteiger partial charge in [0.2, 0.25) is 0 Å². The molecule has 0 aromatic carbocycles. The summed E-state index contributed by atoms with van der Waals surface area (Å²) < 4.78 is 20.0. The molecule has 0 saturated carbocycles. The fourth-order valence-electron chi connectivity index (χ4n) is 2.67. The molecular formula is C19H28N2O8. The highest BCUT2D eigenvalue weighted by Crippen LogP contribution is 2.24. The summed E-state index contributed by atoms with van der Waals surface area (Å²) in [4.78, 5) is 52.1. The molecule has 1 aliphatic rings. The van der Waals surface area contributed by atoms with E-state index in [2.05, 4.69) is 0 Å². The number of hydrogen-bond donors (Lipinski definition) is 0. The Hall–Kier alpha value is -3.04. The zero-order chi connectivity index (χ0) is 22.0. The Bertz CT molecular complexity index is 698. The molecular weight excluding hydrogens is 384 g/mol. The van der Waals surface area contributed by atoms with E-state index < -0.39 is 23.9 Å². The van der Waals surface area contributed by atoms with Gasteiger partial charge < -0.3 is 28.7 Å². The van der Waals surface area contributed by atoms with E-state index in [1.807, 2.05) is 0 Å². The smallest absolute Gasteiger partial charge is 0.355 e. The summed E-state index contributed by atoms with van der Waals surface area (Å²) in [5.74, 6) is -2.87. The molecule has 29 heavy (non-hydrogen) atoms. The Morgan fingerprint density at radius 1 is 0.862 bits per heavy atom. The third kappa shape index (κ3) is 6.51. The van der Waals surface area contributed by atoms with E-state index >= 15 is 0 Å². The number of esters is 4. The maximum absolute atomic E-state index is 12.5. The van der Waals surface area contributed by atoms with E-state index in [0.29, 0.717) is 0 Å². The van der Waals surface area contributed by atoms with Gasteiger partial charge in [0.15, 0.2) is 0 Å². The average Bonchev–Trinajstić information content (AvgIpc) is 2.66. The fraction of sp³-hybridized carbons (Fsp3) is 0.579. The number of nitrogens with zero attached hydrogens (tertiary/aromatic N) is 2. The van der Waals surface area contributed by atoms with Crippen LogP contribution in [-0.4, -0.2) is 80.4 Å². The minimum Gasteiger partial charge on any atom is -0.463 e. The maximum atomic E-state index is 12.5. The highest BCUT2D eigenvalue weighted by atomic mass is 16.5. The largest absolute Gasteiger partial charge is 0.463 e. The van der Waals surface area contributed by atoms with Gasteiger partial charge in [-0.05, 0) is 27.7 Å². The van der Waals surface area contributed by atoms with Gasteiger partial charge in [0.25, 0.3) is 0 Å². The fourth-order valence-corrected chi connectivity index (χ4v) is 2.67. The molecule has 0 bridgehead atoms. The molecule has 0 aliphatic carbocycles. The highest BCUT2D eigenvalue weighted by Gasteiger charge is 2.35. The standard InChI is InChI=1S/C19H28N2O8/c1-6-26-15(22)10-14(18(24)28-8-3)21-11-13(17(23)27-7-2)16(20(5)12-21)19(25)29-9-4/h10H,6-9,11-12H2,1-5H3/b14-10+. The lowest BCUT2D eigenvalue weighted by atomic mass is 10.1. The monoisotopic (exact) mass is 412 g/mol. The lowest BCUT2D eigenvalue weighted by Gasteiger charge is -2.37. The molecule has 0 spiro atoms. The summed E-state index contributed by atoms with van der Waals surface area (Å²) in [7, 11) is 1.56. The molecule has 0 N–H and O–H groups in total. The van der Waals surface area contributed by atoms with Gasteiger partial charge in [-0.2, -0.15) is 0 Å². The molecule has 1 heterocycles. The Labute approximate surface area is 170 Å². The molecule has 10 heteroatoms. The van der Waals surface area contributed by atoms with Gasteiger partial charge in [0.05, 0.1) is 51.3 Å². The Morgan fingerprint density at radius 3 is 1.97 bits per heavy atom. The number of rotatable bonds is 9. The Morgan fingerprint density at radius 2 is 1.41 bits per heavy atom. The van der Waals surface area contributed by atoms with Crippen LogP contribution in [0.2, 0.25) is 0 Å². The van der Waals surface area contributed by atoms with Crippen molar-refractivity contribution in [1.29, 1.82) is 0 Å². The minimum atomic E-state index is -0.753. The van der Waals surface area contributed by atoms with E-state index in [0.717, 1.165) is 6.08 Å². The molecule has 0 unspecified atom stereocenters. The predicted molar refractivity (Wildman–Crippen MR) is 101 cm³/mol. The molecule has 10 nitrogen and oxygen atoms in total. The average molecular weight is 412 g/mol. The Balaban J connectivity index is 3.38. The van der Waals surface area contributed by atoms with Crippen molar-refractivity contribution in [3.05, 3.63) is 23.0 Å². The molecule has 162 valence electrons. The van der Waals surface area contributed by atoms with Gasteiger partial charge in [-0.15, -0.1) is 0 Å². The number of ether oxygens (including phenoxy) is 4.